The first-order valence-electron chi connectivity index (χ1n) is 5.36. The van der Waals surface area contributed by atoms with Crippen LogP contribution in [0.1, 0.15) is 18.2 Å². The van der Waals surface area contributed by atoms with Crippen LogP contribution < -0.4 is 10.5 Å². The van der Waals surface area contributed by atoms with Gasteiger partial charge in [-0.1, -0.05) is 0 Å². The molecule has 1 rings (SSSR count). The Morgan fingerprint density at radius 2 is 2.19 bits per heavy atom. The van der Waals surface area contributed by atoms with Crippen molar-refractivity contribution < 1.29 is 9.47 Å². The first-order chi connectivity index (χ1) is 7.69. The lowest BCUT2D eigenvalue weighted by Gasteiger charge is -2.13. The fourth-order valence-electron chi connectivity index (χ4n) is 1.48. The van der Waals surface area contributed by atoms with E-state index in [1.165, 1.54) is 6.33 Å². The number of rotatable bonds is 6. The van der Waals surface area contributed by atoms with Crippen molar-refractivity contribution in [1.29, 1.82) is 0 Å². The van der Waals surface area contributed by atoms with Crippen molar-refractivity contribution in [3.05, 3.63) is 17.6 Å². The van der Waals surface area contributed by atoms with Crippen molar-refractivity contribution >= 4 is 0 Å². The molecule has 1 unspecified atom stereocenters. The third-order valence-corrected chi connectivity index (χ3v) is 2.26. The topological polar surface area (TPSA) is 70.3 Å². The van der Waals surface area contributed by atoms with Crippen LogP contribution in [0.5, 0.6) is 5.88 Å². The maximum atomic E-state index is 5.88. The smallest absolute Gasteiger partial charge is 0.219 e. The molecule has 1 aromatic heterocycles. The predicted octanol–water partition coefficient (Wildman–Crippen LogP) is 0.700. The highest BCUT2D eigenvalue weighted by Crippen LogP contribution is 2.17. The molecule has 0 aromatic carbocycles. The molecule has 0 fully saturated rings. The van der Waals surface area contributed by atoms with Crippen LogP contribution in [0.2, 0.25) is 0 Å². The van der Waals surface area contributed by atoms with E-state index in [4.69, 9.17) is 15.2 Å². The minimum Gasteiger partial charge on any atom is -0.478 e. The van der Waals surface area contributed by atoms with Crippen molar-refractivity contribution in [3.63, 3.8) is 0 Å². The highest BCUT2D eigenvalue weighted by molar-refractivity contribution is 5.28. The van der Waals surface area contributed by atoms with E-state index in [9.17, 15) is 0 Å². The SMILES string of the molecule is CCOc1ncnc(CC(N)COC)c1C. The monoisotopic (exact) mass is 225 g/mol. The molecule has 1 atom stereocenters. The van der Waals surface area contributed by atoms with Crippen LogP contribution in [-0.4, -0.2) is 36.3 Å². The first kappa shape index (κ1) is 12.9. The third-order valence-electron chi connectivity index (χ3n) is 2.26. The molecule has 0 bridgehead atoms. The van der Waals surface area contributed by atoms with Crippen LogP contribution in [-0.2, 0) is 11.2 Å². The van der Waals surface area contributed by atoms with Crippen molar-refractivity contribution in [1.82, 2.24) is 9.97 Å². The van der Waals surface area contributed by atoms with Gasteiger partial charge in [-0.15, -0.1) is 0 Å². The molecular weight excluding hydrogens is 206 g/mol. The Bertz CT molecular complexity index is 331. The van der Waals surface area contributed by atoms with Crippen molar-refractivity contribution in [2.24, 2.45) is 5.73 Å². The van der Waals surface area contributed by atoms with Crippen LogP contribution in [0.4, 0.5) is 0 Å². The minimum atomic E-state index is -0.0481. The standard InChI is InChI=1S/C11H19N3O2/c1-4-16-11-8(2)10(13-7-14-11)5-9(12)6-15-3/h7,9H,4-6,12H2,1-3H3. The van der Waals surface area contributed by atoms with E-state index >= 15 is 0 Å². The van der Waals surface area contributed by atoms with E-state index in [-0.39, 0.29) is 6.04 Å². The van der Waals surface area contributed by atoms with Gasteiger partial charge in [0.25, 0.3) is 0 Å². The molecular formula is C11H19N3O2. The van der Waals surface area contributed by atoms with E-state index in [1.54, 1.807) is 7.11 Å². The Morgan fingerprint density at radius 1 is 1.44 bits per heavy atom. The van der Waals surface area contributed by atoms with E-state index < -0.39 is 0 Å². The van der Waals surface area contributed by atoms with Gasteiger partial charge in [0, 0.05) is 25.1 Å². The molecule has 16 heavy (non-hydrogen) atoms. The Kier molecular flexibility index (Phi) is 5.14. The summed E-state index contributed by atoms with van der Waals surface area (Å²) in [5.41, 5.74) is 7.76. The summed E-state index contributed by atoms with van der Waals surface area (Å²) >= 11 is 0. The van der Waals surface area contributed by atoms with Crippen LogP contribution in [0, 0.1) is 6.92 Å². The fraction of sp³-hybridized carbons (Fsp3) is 0.636. The van der Waals surface area contributed by atoms with E-state index in [1.807, 2.05) is 13.8 Å². The number of hydrogen-bond donors (Lipinski definition) is 1. The van der Waals surface area contributed by atoms with E-state index in [0.29, 0.717) is 25.5 Å². The average Bonchev–Trinajstić information content (AvgIpc) is 2.24. The number of ether oxygens (including phenoxy) is 2. The molecule has 1 heterocycles. The quantitative estimate of drug-likeness (QED) is 0.771. The Labute approximate surface area is 96.0 Å². The zero-order chi connectivity index (χ0) is 12.0. The zero-order valence-electron chi connectivity index (χ0n) is 10.1. The lowest BCUT2D eigenvalue weighted by molar-refractivity contribution is 0.179. The van der Waals surface area contributed by atoms with Gasteiger partial charge in [-0.2, -0.15) is 0 Å². The second-order valence-corrected chi connectivity index (χ2v) is 3.60. The van der Waals surface area contributed by atoms with Crippen LogP contribution in [0.15, 0.2) is 6.33 Å². The number of nitrogens with two attached hydrogens (primary N) is 1. The summed E-state index contributed by atoms with van der Waals surface area (Å²) in [5.74, 6) is 0.636. The largest absolute Gasteiger partial charge is 0.478 e. The number of nitrogens with zero attached hydrogens (tertiary/aromatic N) is 2. The normalized spacial score (nSPS) is 12.5. The molecule has 0 aliphatic heterocycles. The Balaban J connectivity index is 2.76. The second kappa shape index (κ2) is 6.40. The number of aromatic nitrogens is 2. The van der Waals surface area contributed by atoms with Gasteiger partial charge in [-0.05, 0) is 13.8 Å². The van der Waals surface area contributed by atoms with E-state index in [2.05, 4.69) is 9.97 Å². The number of hydrogen-bond acceptors (Lipinski definition) is 5. The van der Waals surface area contributed by atoms with Gasteiger partial charge < -0.3 is 15.2 Å². The molecule has 0 aliphatic rings. The Hall–Kier alpha value is -1.20. The summed E-state index contributed by atoms with van der Waals surface area (Å²) < 4.78 is 10.4. The molecule has 0 saturated carbocycles. The van der Waals surface area contributed by atoms with Crippen LogP contribution in [0.25, 0.3) is 0 Å². The van der Waals surface area contributed by atoms with Gasteiger partial charge in [0.15, 0.2) is 0 Å². The minimum absolute atomic E-state index is 0.0481. The van der Waals surface area contributed by atoms with Crippen molar-refractivity contribution in [3.8, 4) is 5.88 Å². The lowest BCUT2D eigenvalue weighted by atomic mass is 10.1. The molecule has 2 N–H and O–H groups in total. The van der Waals surface area contributed by atoms with Gasteiger partial charge in [-0.3, -0.25) is 0 Å². The lowest BCUT2D eigenvalue weighted by Crippen LogP contribution is -2.28. The van der Waals surface area contributed by atoms with Crippen LogP contribution in [0.3, 0.4) is 0 Å². The summed E-state index contributed by atoms with van der Waals surface area (Å²) in [5, 5.41) is 0. The highest BCUT2D eigenvalue weighted by atomic mass is 16.5. The van der Waals surface area contributed by atoms with Crippen molar-refractivity contribution in [2.45, 2.75) is 26.3 Å². The summed E-state index contributed by atoms with van der Waals surface area (Å²) in [4.78, 5) is 8.29. The molecule has 0 radical (unpaired) electrons. The molecule has 5 heteroatoms. The zero-order valence-corrected chi connectivity index (χ0v) is 10.1. The van der Waals surface area contributed by atoms with Gasteiger partial charge >= 0.3 is 0 Å². The number of methoxy groups -OCH3 is 1. The van der Waals surface area contributed by atoms with Crippen LogP contribution >= 0.6 is 0 Å². The fourth-order valence-corrected chi connectivity index (χ4v) is 1.48. The summed E-state index contributed by atoms with van der Waals surface area (Å²) in [6.45, 7) is 4.99. The second-order valence-electron chi connectivity index (χ2n) is 3.60. The van der Waals surface area contributed by atoms with Gasteiger partial charge in [0.05, 0.1) is 18.9 Å². The third kappa shape index (κ3) is 3.43. The van der Waals surface area contributed by atoms with Crippen molar-refractivity contribution in [2.75, 3.05) is 20.3 Å². The summed E-state index contributed by atoms with van der Waals surface area (Å²) in [6.07, 6.45) is 2.18. The molecule has 1 aromatic rings. The summed E-state index contributed by atoms with van der Waals surface area (Å²) in [7, 11) is 1.64. The molecule has 0 aliphatic carbocycles. The maximum absolute atomic E-state index is 5.88. The average molecular weight is 225 g/mol. The van der Waals surface area contributed by atoms with Gasteiger partial charge in [0.2, 0.25) is 5.88 Å². The van der Waals surface area contributed by atoms with E-state index in [0.717, 1.165) is 11.3 Å². The predicted molar refractivity (Wildman–Crippen MR) is 61.5 cm³/mol. The summed E-state index contributed by atoms with van der Waals surface area (Å²) in [6, 6.07) is -0.0481. The van der Waals surface area contributed by atoms with Gasteiger partial charge in [-0.25, -0.2) is 9.97 Å². The molecule has 0 spiro atoms. The molecule has 5 nitrogen and oxygen atoms in total. The molecule has 0 saturated heterocycles. The highest BCUT2D eigenvalue weighted by Gasteiger charge is 2.11. The maximum Gasteiger partial charge on any atom is 0.219 e. The van der Waals surface area contributed by atoms with Gasteiger partial charge in [0.1, 0.15) is 6.33 Å². The Morgan fingerprint density at radius 3 is 2.81 bits per heavy atom. The first-order valence-corrected chi connectivity index (χ1v) is 5.36. The molecule has 0 amide bonds. The molecule has 90 valence electrons.